The summed E-state index contributed by atoms with van der Waals surface area (Å²) in [4.78, 5) is 0. The first-order valence-corrected chi connectivity index (χ1v) is 7.90. The zero-order valence-electron chi connectivity index (χ0n) is 12.3. The molecule has 0 bridgehead atoms. The predicted octanol–water partition coefficient (Wildman–Crippen LogP) is 5.83. The number of nitrogens with one attached hydrogen (secondary N) is 1. The molecule has 0 heterocycles. The normalized spacial score (nSPS) is 10.8. The summed E-state index contributed by atoms with van der Waals surface area (Å²) in [5, 5.41) is 6.03. The Kier molecular flexibility index (Phi) is 3.98. The third-order valence-electron chi connectivity index (χ3n) is 3.79. The molecule has 1 nitrogen and oxygen atoms in total. The van der Waals surface area contributed by atoms with E-state index < -0.39 is 0 Å². The highest BCUT2D eigenvalue weighted by atomic mass is 79.9. The highest BCUT2D eigenvalue weighted by Gasteiger charge is 2.01. The lowest BCUT2D eigenvalue weighted by molar-refractivity contribution is 1.11. The van der Waals surface area contributed by atoms with Gasteiger partial charge in [0.1, 0.15) is 0 Å². The molecule has 106 valence electrons. The average molecular weight is 340 g/mol. The molecule has 0 spiro atoms. The van der Waals surface area contributed by atoms with Crippen molar-refractivity contribution in [3.8, 4) is 0 Å². The molecule has 0 aliphatic rings. The van der Waals surface area contributed by atoms with Gasteiger partial charge in [0.15, 0.2) is 0 Å². The maximum Gasteiger partial charge on any atom is 0.0403 e. The van der Waals surface area contributed by atoms with Crippen molar-refractivity contribution in [2.75, 3.05) is 5.32 Å². The Morgan fingerprint density at radius 1 is 0.857 bits per heavy atom. The van der Waals surface area contributed by atoms with Crippen LogP contribution in [0.25, 0.3) is 10.8 Å². The Balaban J connectivity index is 1.82. The van der Waals surface area contributed by atoms with Gasteiger partial charge in [-0.05, 0) is 60.0 Å². The van der Waals surface area contributed by atoms with Crippen LogP contribution in [0.4, 0.5) is 5.69 Å². The van der Waals surface area contributed by atoms with E-state index >= 15 is 0 Å². The van der Waals surface area contributed by atoms with E-state index in [2.05, 4.69) is 89.7 Å². The maximum atomic E-state index is 3.52. The van der Waals surface area contributed by atoms with Crippen molar-refractivity contribution >= 4 is 32.4 Å². The molecule has 0 aliphatic carbocycles. The third kappa shape index (κ3) is 3.27. The zero-order valence-corrected chi connectivity index (χ0v) is 13.9. The van der Waals surface area contributed by atoms with Crippen LogP contribution in [0, 0.1) is 13.8 Å². The Labute approximate surface area is 134 Å². The second-order valence-corrected chi connectivity index (χ2v) is 6.41. The van der Waals surface area contributed by atoms with Crippen molar-refractivity contribution in [3.05, 3.63) is 75.8 Å². The van der Waals surface area contributed by atoms with E-state index in [0.717, 1.165) is 16.7 Å². The zero-order chi connectivity index (χ0) is 14.8. The summed E-state index contributed by atoms with van der Waals surface area (Å²) in [5.41, 5.74) is 5.15. The number of hydrogen-bond acceptors (Lipinski definition) is 1. The smallest absolute Gasteiger partial charge is 0.0403 e. The SMILES string of the molecule is Cc1ccc(C)c(CNc2ccc3cc(Br)ccc3c2)c1. The Bertz CT molecular complexity index is 793. The Hall–Kier alpha value is -1.80. The van der Waals surface area contributed by atoms with Crippen LogP contribution < -0.4 is 5.32 Å². The average Bonchev–Trinajstić information content (AvgIpc) is 2.48. The summed E-state index contributed by atoms with van der Waals surface area (Å²) in [7, 11) is 0. The summed E-state index contributed by atoms with van der Waals surface area (Å²) >= 11 is 3.51. The van der Waals surface area contributed by atoms with Crippen molar-refractivity contribution in [1.82, 2.24) is 0 Å². The van der Waals surface area contributed by atoms with Gasteiger partial charge < -0.3 is 5.32 Å². The largest absolute Gasteiger partial charge is 0.381 e. The standard InChI is InChI=1S/C19H18BrN/c1-13-3-4-14(2)17(9-13)12-21-19-8-6-15-10-18(20)7-5-16(15)11-19/h3-11,21H,12H2,1-2H3. The molecular weight excluding hydrogens is 322 g/mol. The topological polar surface area (TPSA) is 12.0 Å². The number of anilines is 1. The van der Waals surface area contributed by atoms with E-state index in [1.165, 1.54) is 27.5 Å². The van der Waals surface area contributed by atoms with Crippen LogP contribution in [0.3, 0.4) is 0 Å². The van der Waals surface area contributed by atoms with Gasteiger partial charge in [-0.15, -0.1) is 0 Å². The van der Waals surface area contributed by atoms with Crippen LogP contribution in [0.5, 0.6) is 0 Å². The fourth-order valence-electron chi connectivity index (χ4n) is 2.51. The van der Waals surface area contributed by atoms with Crippen LogP contribution in [0.1, 0.15) is 16.7 Å². The van der Waals surface area contributed by atoms with E-state index in [9.17, 15) is 0 Å². The van der Waals surface area contributed by atoms with Crippen LogP contribution in [-0.2, 0) is 6.54 Å². The van der Waals surface area contributed by atoms with Crippen molar-refractivity contribution in [2.24, 2.45) is 0 Å². The molecule has 0 amide bonds. The number of benzene rings is 3. The van der Waals surface area contributed by atoms with E-state index in [1.807, 2.05) is 0 Å². The molecule has 0 atom stereocenters. The van der Waals surface area contributed by atoms with Crippen LogP contribution in [0.15, 0.2) is 59.1 Å². The second kappa shape index (κ2) is 5.90. The molecular formula is C19H18BrN. The third-order valence-corrected chi connectivity index (χ3v) is 4.28. The molecule has 0 aromatic heterocycles. The minimum absolute atomic E-state index is 0.857. The predicted molar refractivity (Wildman–Crippen MR) is 94.9 cm³/mol. The molecule has 2 heteroatoms. The van der Waals surface area contributed by atoms with Crippen LogP contribution in [0.2, 0.25) is 0 Å². The summed E-state index contributed by atoms with van der Waals surface area (Å²) in [6, 6.07) is 19.5. The second-order valence-electron chi connectivity index (χ2n) is 5.49. The summed E-state index contributed by atoms with van der Waals surface area (Å²) in [6.07, 6.45) is 0. The first kappa shape index (κ1) is 14.2. The number of rotatable bonds is 3. The number of fused-ring (bicyclic) bond motifs is 1. The van der Waals surface area contributed by atoms with Gasteiger partial charge in [-0.1, -0.05) is 51.8 Å². The monoisotopic (exact) mass is 339 g/mol. The van der Waals surface area contributed by atoms with Crippen molar-refractivity contribution < 1.29 is 0 Å². The Morgan fingerprint density at radius 3 is 2.48 bits per heavy atom. The van der Waals surface area contributed by atoms with Crippen LogP contribution in [-0.4, -0.2) is 0 Å². The molecule has 0 radical (unpaired) electrons. The minimum Gasteiger partial charge on any atom is -0.381 e. The molecule has 21 heavy (non-hydrogen) atoms. The highest BCUT2D eigenvalue weighted by Crippen LogP contribution is 2.23. The van der Waals surface area contributed by atoms with Gasteiger partial charge in [0.25, 0.3) is 0 Å². The lowest BCUT2D eigenvalue weighted by atomic mass is 10.1. The molecule has 3 aromatic carbocycles. The molecule has 0 fully saturated rings. The summed E-state index contributed by atoms with van der Waals surface area (Å²) in [6.45, 7) is 5.15. The lowest BCUT2D eigenvalue weighted by Gasteiger charge is -2.11. The minimum atomic E-state index is 0.857. The van der Waals surface area contributed by atoms with Gasteiger partial charge in [0, 0.05) is 16.7 Å². The van der Waals surface area contributed by atoms with Crippen molar-refractivity contribution in [3.63, 3.8) is 0 Å². The van der Waals surface area contributed by atoms with Crippen LogP contribution >= 0.6 is 15.9 Å². The van der Waals surface area contributed by atoms with E-state index in [-0.39, 0.29) is 0 Å². The van der Waals surface area contributed by atoms with Gasteiger partial charge in [0.2, 0.25) is 0 Å². The maximum absolute atomic E-state index is 3.52. The Morgan fingerprint density at radius 2 is 1.62 bits per heavy atom. The summed E-state index contributed by atoms with van der Waals surface area (Å²) < 4.78 is 1.12. The quantitative estimate of drug-likeness (QED) is 0.632. The highest BCUT2D eigenvalue weighted by molar-refractivity contribution is 9.10. The molecule has 0 saturated heterocycles. The number of hydrogen-bond donors (Lipinski definition) is 1. The fraction of sp³-hybridized carbons (Fsp3) is 0.158. The fourth-order valence-corrected chi connectivity index (χ4v) is 2.89. The summed E-state index contributed by atoms with van der Waals surface area (Å²) in [5.74, 6) is 0. The molecule has 0 aliphatic heterocycles. The van der Waals surface area contributed by atoms with Crippen molar-refractivity contribution in [2.45, 2.75) is 20.4 Å². The van der Waals surface area contributed by atoms with E-state index in [4.69, 9.17) is 0 Å². The molecule has 1 N–H and O–H groups in total. The molecule has 3 aromatic rings. The number of aryl methyl sites for hydroxylation is 2. The van der Waals surface area contributed by atoms with E-state index in [1.54, 1.807) is 0 Å². The molecule has 0 unspecified atom stereocenters. The van der Waals surface area contributed by atoms with Gasteiger partial charge >= 0.3 is 0 Å². The van der Waals surface area contributed by atoms with Crippen molar-refractivity contribution in [1.29, 1.82) is 0 Å². The first-order valence-electron chi connectivity index (χ1n) is 7.11. The molecule has 0 saturated carbocycles. The van der Waals surface area contributed by atoms with Gasteiger partial charge in [-0.3, -0.25) is 0 Å². The number of halogens is 1. The molecule has 3 rings (SSSR count). The van der Waals surface area contributed by atoms with Gasteiger partial charge in [-0.25, -0.2) is 0 Å². The lowest BCUT2D eigenvalue weighted by Crippen LogP contribution is -2.01. The first-order chi connectivity index (χ1) is 10.1. The van der Waals surface area contributed by atoms with Gasteiger partial charge in [0.05, 0.1) is 0 Å². The van der Waals surface area contributed by atoms with E-state index in [0.29, 0.717) is 0 Å². The van der Waals surface area contributed by atoms with Gasteiger partial charge in [-0.2, -0.15) is 0 Å².